The lowest BCUT2D eigenvalue weighted by molar-refractivity contribution is -0.377. The predicted molar refractivity (Wildman–Crippen MR) is 76.4 cm³/mol. The first-order valence-electron chi connectivity index (χ1n) is 5.92. The fraction of sp³-hybridized carbons (Fsp3) is 0.200. The van der Waals surface area contributed by atoms with E-state index in [0.717, 1.165) is 5.56 Å². The third-order valence-corrected chi connectivity index (χ3v) is 2.50. The molecule has 108 valence electrons. The highest BCUT2D eigenvalue weighted by molar-refractivity contribution is 5.85. The maximum absolute atomic E-state index is 10.2. The molecule has 0 aliphatic heterocycles. The molecule has 0 spiro atoms. The van der Waals surface area contributed by atoms with Crippen LogP contribution in [0.4, 0.5) is 5.69 Å². The average Bonchev–Trinajstić information content (AvgIpc) is 2.41. The van der Waals surface area contributed by atoms with E-state index in [1.165, 1.54) is 17.8 Å². The second-order valence-electron chi connectivity index (χ2n) is 4.31. The van der Waals surface area contributed by atoms with E-state index < -0.39 is 5.97 Å². The number of carbonyl (C=O) groups is 1. The van der Waals surface area contributed by atoms with Crippen LogP contribution in [0.3, 0.4) is 0 Å². The number of H-pyrrole nitrogens is 1. The van der Waals surface area contributed by atoms with Gasteiger partial charge in [-0.1, -0.05) is 29.8 Å². The van der Waals surface area contributed by atoms with Gasteiger partial charge in [-0.2, -0.15) is 0 Å². The third-order valence-electron chi connectivity index (χ3n) is 2.50. The maximum atomic E-state index is 10.2. The Labute approximate surface area is 118 Å². The number of aromatic amines is 1. The Kier molecular flexibility index (Phi) is 7.62. The number of carbonyl (C=O) groups excluding carboxylic acids is 1. The summed E-state index contributed by atoms with van der Waals surface area (Å²) in [6.07, 6.45) is 3.82. The quantitative estimate of drug-likeness (QED) is 0.779. The Hall–Kier alpha value is -2.40. The van der Waals surface area contributed by atoms with Crippen LogP contribution in [-0.4, -0.2) is 25.5 Å². The average molecular weight is 276 g/mol. The maximum Gasteiger partial charge on any atom is 0.169 e. The number of anilines is 1. The van der Waals surface area contributed by atoms with Crippen molar-refractivity contribution in [3.05, 3.63) is 59.9 Å². The summed E-state index contributed by atoms with van der Waals surface area (Å²) >= 11 is 0. The van der Waals surface area contributed by atoms with Crippen LogP contribution in [0.2, 0.25) is 0 Å². The molecule has 0 atom stereocenters. The van der Waals surface area contributed by atoms with Gasteiger partial charge in [-0.15, -0.1) is 0 Å². The number of aromatic carboxylic acids is 1. The highest BCUT2D eigenvalue weighted by Gasteiger charge is 1.91. The summed E-state index contributed by atoms with van der Waals surface area (Å²) in [5.74, 6) is -1.12. The first-order chi connectivity index (χ1) is 9.00. The Morgan fingerprint density at radius 3 is 1.90 bits per heavy atom. The second kappa shape index (κ2) is 8.66. The summed E-state index contributed by atoms with van der Waals surface area (Å²) in [5, 5.41) is 10.2. The molecule has 2 aromatic rings. The van der Waals surface area contributed by atoms with Gasteiger partial charge in [-0.3, -0.25) is 0 Å². The molecule has 20 heavy (non-hydrogen) atoms. The minimum Gasteiger partial charge on any atom is -0.545 e. The molecule has 1 aromatic carbocycles. The van der Waals surface area contributed by atoms with Gasteiger partial charge in [0, 0.05) is 31.9 Å². The second-order valence-corrected chi connectivity index (χ2v) is 4.31. The van der Waals surface area contributed by atoms with Crippen LogP contribution in [-0.2, 0) is 0 Å². The van der Waals surface area contributed by atoms with Gasteiger partial charge in [0.1, 0.15) is 0 Å². The lowest BCUT2D eigenvalue weighted by atomic mass is 10.2. The topological polar surface area (TPSA) is 89.0 Å². The van der Waals surface area contributed by atoms with E-state index in [4.69, 9.17) is 0 Å². The van der Waals surface area contributed by atoms with Gasteiger partial charge >= 0.3 is 0 Å². The van der Waals surface area contributed by atoms with Crippen molar-refractivity contribution in [2.24, 2.45) is 0 Å². The van der Waals surface area contributed by atoms with Gasteiger partial charge in [0.15, 0.2) is 12.4 Å². The summed E-state index contributed by atoms with van der Waals surface area (Å²) in [6, 6.07) is 10.6. The molecule has 0 aliphatic rings. The molecule has 0 aliphatic carbocycles. The smallest absolute Gasteiger partial charge is 0.169 e. The first-order valence-corrected chi connectivity index (χ1v) is 5.92. The summed E-state index contributed by atoms with van der Waals surface area (Å²) in [5.41, 5.74) is 2.49. The van der Waals surface area contributed by atoms with Crippen LogP contribution in [0.25, 0.3) is 0 Å². The van der Waals surface area contributed by atoms with Crippen LogP contribution in [0.15, 0.2) is 48.8 Å². The van der Waals surface area contributed by atoms with E-state index in [9.17, 15) is 9.90 Å². The van der Waals surface area contributed by atoms with Crippen molar-refractivity contribution < 1.29 is 20.4 Å². The molecule has 0 saturated carbocycles. The van der Waals surface area contributed by atoms with E-state index in [1.54, 1.807) is 12.1 Å². The highest BCUT2D eigenvalue weighted by Crippen LogP contribution is 2.04. The predicted octanol–water partition coefficient (Wildman–Crippen LogP) is 0.101. The zero-order valence-corrected chi connectivity index (χ0v) is 11.9. The van der Waals surface area contributed by atoms with Crippen molar-refractivity contribution in [1.82, 2.24) is 0 Å². The molecular weight excluding hydrogens is 256 g/mol. The Morgan fingerprint density at radius 1 is 1.05 bits per heavy atom. The van der Waals surface area contributed by atoms with Crippen molar-refractivity contribution in [2.75, 3.05) is 19.0 Å². The Morgan fingerprint density at radius 2 is 1.55 bits per heavy atom. The molecule has 5 nitrogen and oxygen atoms in total. The fourth-order valence-corrected chi connectivity index (χ4v) is 1.37. The van der Waals surface area contributed by atoms with Crippen molar-refractivity contribution in [3.8, 4) is 0 Å². The minimum absolute atomic E-state index is 0. The molecule has 0 amide bonds. The first kappa shape index (κ1) is 17.6. The molecule has 1 aromatic heterocycles. The zero-order chi connectivity index (χ0) is 14.3. The van der Waals surface area contributed by atoms with Crippen LogP contribution in [0.5, 0.6) is 0 Å². The molecule has 0 unspecified atom stereocenters. The number of hydrogen-bond donors (Lipinski definition) is 0. The van der Waals surface area contributed by atoms with E-state index in [1.807, 2.05) is 45.5 Å². The zero-order valence-electron chi connectivity index (χ0n) is 11.9. The number of nitrogens with zero attached hydrogens (tertiary/aromatic N) is 1. The number of aromatic nitrogens is 1. The molecule has 2 rings (SSSR count). The molecule has 0 radical (unpaired) electrons. The highest BCUT2D eigenvalue weighted by atomic mass is 16.4. The summed E-state index contributed by atoms with van der Waals surface area (Å²) < 4.78 is 0. The number of carboxylic acid groups (broad SMARTS) is 1. The van der Waals surface area contributed by atoms with Gasteiger partial charge in [-0.05, 0) is 12.5 Å². The van der Waals surface area contributed by atoms with E-state index in [2.05, 4.69) is 9.88 Å². The van der Waals surface area contributed by atoms with Crippen molar-refractivity contribution >= 4 is 11.7 Å². The van der Waals surface area contributed by atoms with E-state index in [-0.39, 0.29) is 11.0 Å². The number of carboxylic acids is 1. The number of benzene rings is 1. The Balaban J connectivity index is 0.000000345. The van der Waals surface area contributed by atoms with E-state index >= 15 is 0 Å². The monoisotopic (exact) mass is 276 g/mol. The number of hydrogen-bond acceptors (Lipinski definition) is 3. The number of aryl methyl sites for hydroxylation is 1. The standard InChI is InChI=1S/C8H8O2.C7H10N2.H2O/c1-6-2-4-7(5-3-6)8(9)10;1-9(2)7-3-5-8-6-4-7;/h2-5H,1H3,(H,9,10);3-6H,1-2H3;1H2. The van der Waals surface area contributed by atoms with Crippen molar-refractivity contribution in [1.29, 1.82) is 0 Å². The molecular formula is C15H20N2O3. The molecule has 5 heteroatoms. The van der Waals surface area contributed by atoms with Crippen LogP contribution in [0.1, 0.15) is 15.9 Å². The minimum atomic E-state index is -1.12. The van der Waals surface area contributed by atoms with Crippen LogP contribution >= 0.6 is 0 Å². The van der Waals surface area contributed by atoms with Crippen LogP contribution in [0, 0.1) is 6.92 Å². The normalized spacial score (nSPS) is 8.75. The summed E-state index contributed by atoms with van der Waals surface area (Å²) in [6.45, 7) is 1.90. The van der Waals surface area contributed by atoms with Gasteiger partial charge in [0.25, 0.3) is 0 Å². The summed E-state index contributed by atoms with van der Waals surface area (Å²) in [7, 11) is 4.05. The van der Waals surface area contributed by atoms with Gasteiger partial charge < -0.3 is 20.3 Å². The number of pyridine rings is 1. The van der Waals surface area contributed by atoms with Gasteiger partial charge in [0.2, 0.25) is 0 Å². The molecule has 0 fully saturated rings. The van der Waals surface area contributed by atoms with Crippen molar-refractivity contribution in [3.63, 3.8) is 0 Å². The lowest BCUT2D eigenvalue weighted by Gasteiger charge is -2.08. The fourth-order valence-electron chi connectivity index (χ4n) is 1.37. The van der Waals surface area contributed by atoms with Crippen LogP contribution < -0.4 is 15.0 Å². The Bertz CT molecular complexity index is 510. The molecule has 3 N–H and O–H groups in total. The molecule has 0 saturated heterocycles. The van der Waals surface area contributed by atoms with Gasteiger partial charge in [0.05, 0.1) is 5.97 Å². The third kappa shape index (κ3) is 5.97. The summed E-state index contributed by atoms with van der Waals surface area (Å²) in [4.78, 5) is 15.2. The largest absolute Gasteiger partial charge is 0.545 e. The molecule has 0 bridgehead atoms. The number of nitrogens with one attached hydrogen (secondary N) is 1. The number of rotatable bonds is 2. The van der Waals surface area contributed by atoms with Gasteiger partial charge in [-0.25, -0.2) is 4.98 Å². The van der Waals surface area contributed by atoms with Crippen molar-refractivity contribution in [2.45, 2.75) is 6.92 Å². The lowest BCUT2D eigenvalue weighted by Crippen LogP contribution is -2.21. The van der Waals surface area contributed by atoms with E-state index in [0.29, 0.717) is 0 Å². The SMILES string of the molecule is CN(C)c1cc[nH+]cc1.Cc1ccc(C(=O)[O-])cc1.O. The molecule has 1 heterocycles.